The van der Waals surface area contributed by atoms with Gasteiger partial charge in [0.15, 0.2) is 11.5 Å². The Bertz CT molecular complexity index is 388. The summed E-state index contributed by atoms with van der Waals surface area (Å²) >= 11 is 3.47. The van der Waals surface area contributed by atoms with Gasteiger partial charge in [-0.1, -0.05) is 0 Å². The van der Waals surface area contributed by atoms with Gasteiger partial charge in [0.25, 0.3) is 0 Å². The summed E-state index contributed by atoms with van der Waals surface area (Å²) in [4.78, 5) is 0. The maximum atomic E-state index is 9.19. The minimum atomic E-state index is -0.349. The van der Waals surface area contributed by atoms with Gasteiger partial charge < -0.3 is 19.9 Å². The summed E-state index contributed by atoms with van der Waals surface area (Å²) in [5, 5.41) is 12.4. The Hall–Kier alpha value is -0.490. The number of methoxy groups -OCH3 is 1. The average Bonchev–Trinajstić information content (AvgIpc) is 2.28. The van der Waals surface area contributed by atoms with Gasteiger partial charge in [0.1, 0.15) is 0 Å². The molecular formula is C13H21BrClNO3. The van der Waals surface area contributed by atoms with Gasteiger partial charge in [-0.2, -0.15) is 0 Å². The fraction of sp³-hybridized carbons (Fsp3) is 0.538. The van der Waals surface area contributed by atoms with Crippen LogP contribution in [-0.2, 0) is 6.54 Å². The molecule has 1 atom stereocenters. The van der Waals surface area contributed by atoms with E-state index in [9.17, 15) is 5.11 Å². The molecule has 1 aromatic rings. The molecule has 0 saturated heterocycles. The van der Waals surface area contributed by atoms with Crippen molar-refractivity contribution in [3.05, 3.63) is 22.2 Å². The Balaban J connectivity index is 0.00000324. The normalized spacial score (nSPS) is 11.6. The van der Waals surface area contributed by atoms with Crippen LogP contribution in [0.5, 0.6) is 11.5 Å². The Morgan fingerprint density at radius 1 is 1.42 bits per heavy atom. The van der Waals surface area contributed by atoms with Crippen LogP contribution in [0.1, 0.15) is 19.4 Å². The topological polar surface area (TPSA) is 50.7 Å². The van der Waals surface area contributed by atoms with Gasteiger partial charge in [0, 0.05) is 13.1 Å². The highest BCUT2D eigenvalue weighted by Gasteiger charge is 2.11. The van der Waals surface area contributed by atoms with Gasteiger partial charge in [0.2, 0.25) is 0 Å². The highest BCUT2D eigenvalue weighted by atomic mass is 79.9. The van der Waals surface area contributed by atoms with E-state index in [1.807, 2.05) is 19.1 Å². The van der Waals surface area contributed by atoms with Crippen LogP contribution in [0.25, 0.3) is 0 Å². The lowest BCUT2D eigenvalue weighted by atomic mass is 10.2. The number of nitrogens with one attached hydrogen (secondary N) is 1. The highest BCUT2D eigenvalue weighted by molar-refractivity contribution is 9.10. The smallest absolute Gasteiger partial charge is 0.174 e. The Morgan fingerprint density at radius 2 is 2.11 bits per heavy atom. The van der Waals surface area contributed by atoms with E-state index in [0.717, 1.165) is 15.8 Å². The molecule has 0 aromatic heterocycles. The molecule has 0 bridgehead atoms. The molecule has 0 aliphatic carbocycles. The summed E-state index contributed by atoms with van der Waals surface area (Å²) in [6, 6.07) is 3.93. The third-order valence-electron chi connectivity index (χ3n) is 2.34. The molecule has 19 heavy (non-hydrogen) atoms. The Labute approximate surface area is 129 Å². The minimum Gasteiger partial charge on any atom is -0.492 e. The molecule has 110 valence electrons. The summed E-state index contributed by atoms with van der Waals surface area (Å²) in [7, 11) is 1.62. The van der Waals surface area contributed by atoms with Crippen molar-refractivity contribution in [2.45, 2.75) is 26.5 Å². The largest absolute Gasteiger partial charge is 0.492 e. The second-order valence-electron chi connectivity index (χ2n) is 4.02. The molecule has 1 aromatic carbocycles. The summed E-state index contributed by atoms with van der Waals surface area (Å²) in [6.07, 6.45) is -0.349. The summed E-state index contributed by atoms with van der Waals surface area (Å²) in [5.74, 6) is 1.43. The number of ether oxygens (including phenoxy) is 2. The molecule has 0 radical (unpaired) electrons. The zero-order chi connectivity index (χ0) is 13.5. The van der Waals surface area contributed by atoms with Crippen LogP contribution in [0, 0.1) is 0 Å². The van der Waals surface area contributed by atoms with Crippen LogP contribution < -0.4 is 14.8 Å². The molecule has 1 rings (SSSR count). The predicted octanol–water partition coefficient (Wildman–Crippen LogP) is 2.75. The molecule has 0 heterocycles. The molecule has 0 saturated carbocycles. The standard InChI is InChI=1S/C13H20BrNO3.ClH/c1-4-18-12-6-10(8-15-7-9(2)16)5-11(14)13(12)17-3;/h5-6,9,15-16H,4,7-8H2,1-3H3;1H. The van der Waals surface area contributed by atoms with Crippen LogP contribution in [0.15, 0.2) is 16.6 Å². The Kier molecular flexibility index (Phi) is 9.18. The number of halogens is 2. The zero-order valence-corrected chi connectivity index (χ0v) is 13.8. The van der Waals surface area contributed by atoms with E-state index in [0.29, 0.717) is 25.4 Å². The third-order valence-corrected chi connectivity index (χ3v) is 2.93. The van der Waals surface area contributed by atoms with Crippen LogP contribution >= 0.6 is 28.3 Å². The fourth-order valence-corrected chi connectivity index (χ4v) is 2.26. The van der Waals surface area contributed by atoms with E-state index in [1.165, 1.54) is 0 Å². The SMILES string of the molecule is CCOc1cc(CNCC(C)O)cc(Br)c1OC.Cl. The van der Waals surface area contributed by atoms with Crippen molar-refractivity contribution in [2.75, 3.05) is 20.3 Å². The van der Waals surface area contributed by atoms with Crippen LogP contribution in [0.4, 0.5) is 0 Å². The van der Waals surface area contributed by atoms with E-state index >= 15 is 0 Å². The third kappa shape index (κ3) is 5.99. The average molecular weight is 355 g/mol. The van der Waals surface area contributed by atoms with Crippen molar-refractivity contribution in [3.8, 4) is 11.5 Å². The molecule has 2 N–H and O–H groups in total. The zero-order valence-electron chi connectivity index (χ0n) is 11.4. The summed E-state index contributed by atoms with van der Waals surface area (Å²) in [5.41, 5.74) is 1.08. The van der Waals surface area contributed by atoms with Crippen molar-refractivity contribution in [2.24, 2.45) is 0 Å². The maximum Gasteiger partial charge on any atom is 0.174 e. The lowest BCUT2D eigenvalue weighted by Gasteiger charge is -2.14. The monoisotopic (exact) mass is 353 g/mol. The number of hydrogen-bond donors (Lipinski definition) is 2. The molecule has 6 heteroatoms. The molecule has 4 nitrogen and oxygen atoms in total. The first-order chi connectivity index (χ1) is 8.58. The van der Waals surface area contributed by atoms with Crippen LogP contribution in [0.3, 0.4) is 0 Å². The van der Waals surface area contributed by atoms with Gasteiger partial charge >= 0.3 is 0 Å². The van der Waals surface area contributed by atoms with Crippen LogP contribution in [0.2, 0.25) is 0 Å². The van der Waals surface area contributed by atoms with E-state index in [-0.39, 0.29) is 18.5 Å². The number of benzene rings is 1. The fourth-order valence-electron chi connectivity index (χ4n) is 1.61. The van der Waals surface area contributed by atoms with Gasteiger partial charge in [-0.15, -0.1) is 12.4 Å². The molecule has 0 spiro atoms. The number of hydrogen-bond acceptors (Lipinski definition) is 4. The van der Waals surface area contributed by atoms with Crippen molar-refractivity contribution in [1.82, 2.24) is 5.32 Å². The van der Waals surface area contributed by atoms with Crippen LogP contribution in [-0.4, -0.2) is 31.5 Å². The van der Waals surface area contributed by atoms with Gasteiger partial charge in [-0.05, 0) is 47.5 Å². The summed E-state index contributed by atoms with van der Waals surface area (Å²) < 4.78 is 11.7. The van der Waals surface area contributed by atoms with E-state index in [4.69, 9.17) is 9.47 Å². The molecule has 0 fully saturated rings. The highest BCUT2D eigenvalue weighted by Crippen LogP contribution is 2.36. The van der Waals surface area contributed by atoms with Crippen molar-refractivity contribution in [3.63, 3.8) is 0 Å². The second kappa shape index (κ2) is 9.42. The Morgan fingerprint density at radius 3 is 2.63 bits per heavy atom. The van der Waals surface area contributed by atoms with E-state index in [2.05, 4.69) is 21.2 Å². The molecule has 0 aliphatic heterocycles. The molecule has 0 amide bonds. The molecule has 1 unspecified atom stereocenters. The second-order valence-corrected chi connectivity index (χ2v) is 4.88. The first-order valence-electron chi connectivity index (χ1n) is 5.96. The van der Waals surface area contributed by atoms with E-state index < -0.39 is 0 Å². The predicted molar refractivity (Wildman–Crippen MR) is 82.5 cm³/mol. The molecule has 0 aliphatic rings. The lowest BCUT2D eigenvalue weighted by Crippen LogP contribution is -2.23. The van der Waals surface area contributed by atoms with Crippen molar-refractivity contribution < 1.29 is 14.6 Å². The maximum absolute atomic E-state index is 9.19. The van der Waals surface area contributed by atoms with Gasteiger partial charge in [0.05, 0.1) is 24.3 Å². The number of aliphatic hydroxyl groups is 1. The van der Waals surface area contributed by atoms with Gasteiger partial charge in [-0.25, -0.2) is 0 Å². The number of rotatable bonds is 7. The van der Waals surface area contributed by atoms with E-state index in [1.54, 1.807) is 14.0 Å². The van der Waals surface area contributed by atoms with Crippen molar-refractivity contribution in [1.29, 1.82) is 0 Å². The number of aliphatic hydroxyl groups excluding tert-OH is 1. The minimum absolute atomic E-state index is 0. The first-order valence-corrected chi connectivity index (χ1v) is 6.75. The van der Waals surface area contributed by atoms with Gasteiger partial charge in [-0.3, -0.25) is 0 Å². The first kappa shape index (κ1) is 18.5. The summed E-state index contributed by atoms with van der Waals surface area (Å²) in [6.45, 7) is 5.52. The quantitative estimate of drug-likeness (QED) is 0.790. The molecular weight excluding hydrogens is 334 g/mol. The van der Waals surface area contributed by atoms with Crippen molar-refractivity contribution >= 4 is 28.3 Å². The lowest BCUT2D eigenvalue weighted by molar-refractivity contribution is 0.191.